The molecule has 3 aromatic rings. The van der Waals surface area contributed by atoms with Gasteiger partial charge in [0.25, 0.3) is 5.56 Å². The molecule has 0 saturated heterocycles. The fourth-order valence-electron chi connectivity index (χ4n) is 3.47. The van der Waals surface area contributed by atoms with Crippen molar-refractivity contribution in [3.8, 4) is 16.9 Å². The molecule has 1 aliphatic rings. The molecule has 0 atom stereocenters. The van der Waals surface area contributed by atoms with Crippen molar-refractivity contribution in [2.45, 2.75) is 32.4 Å². The first kappa shape index (κ1) is 17.0. The minimum Gasteiger partial charge on any atom is -0.493 e. The van der Waals surface area contributed by atoms with Gasteiger partial charge in [0.05, 0.1) is 12.6 Å². The zero-order valence-corrected chi connectivity index (χ0v) is 15.2. The Hall–Kier alpha value is -2.45. The highest BCUT2D eigenvalue weighted by Crippen LogP contribution is 2.42. The molecule has 0 unspecified atom stereocenters. The fraction of sp³-hybridized carbons (Fsp3) is 0.333. The maximum atomic E-state index is 15.3. The highest BCUT2D eigenvalue weighted by atomic mass is 32.1. The maximum Gasteiger partial charge on any atom is 0.329 e. The zero-order valence-electron chi connectivity index (χ0n) is 14.4. The molecule has 3 N–H and O–H groups in total. The van der Waals surface area contributed by atoms with E-state index >= 15 is 4.39 Å². The molecule has 0 radical (unpaired) electrons. The molecule has 1 saturated carbocycles. The number of methoxy groups -OCH3 is 1. The number of hydrogen-bond acceptors (Lipinski definition) is 5. The SMILES string of the molecule is COc1c(F)c(-c2csc(CN)c2)c(C)c2c1c(=O)[nH]c(=O)n2C1CC1. The number of nitrogens with two attached hydrogens (primary N) is 1. The first-order chi connectivity index (χ1) is 12.5. The molecule has 0 amide bonds. The lowest BCUT2D eigenvalue weighted by atomic mass is 9.97. The van der Waals surface area contributed by atoms with Crippen LogP contribution in [-0.4, -0.2) is 16.7 Å². The van der Waals surface area contributed by atoms with Crippen molar-refractivity contribution in [2.24, 2.45) is 5.73 Å². The quantitative estimate of drug-likeness (QED) is 0.734. The molecule has 2 heterocycles. The highest BCUT2D eigenvalue weighted by Gasteiger charge is 2.31. The summed E-state index contributed by atoms with van der Waals surface area (Å²) in [5, 5.41) is 1.90. The Morgan fingerprint density at radius 3 is 2.73 bits per heavy atom. The molecule has 0 spiro atoms. The second-order valence-corrected chi connectivity index (χ2v) is 7.43. The summed E-state index contributed by atoms with van der Waals surface area (Å²) in [6, 6.07) is 1.85. The molecule has 4 rings (SSSR count). The van der Waals surface area contributed by atoms with Crippen LogP contribution in [0.15, 0.2) is 21.0 Å². The van der Waals surface area contributed by atoms with Gasteiger partial charge in [-0.05, 0) is 42.3 Å². The Bertz CT molecular complexity index is 1140. The molecule has 26 heavy (non-hydrogen) atoms. The van der Waals surface area contributed by atoms with Crippen LogP contribution in [0.25, 0.3) is 22.0 Å². The molecule has 6 nitrogen and oxygen atoms in total. The van der Waals surface area contributed by atoms with E-state index in [1.54, 1.807) is 11.5 Å². The van der Waals surface area contributed by atoms with Crippen LogP contribution in [0.2, 0.25) is 0 Å². The third-order valence-electron chi connectivity index (χ3n) is 4.78. The Kier molecular flexibility index (Phi) is 3.96. The predicted molar refractivity (Wildman–Crippen MR) is 99.6 cm³/mol. The number of rotatable bonds is 4. The summed E-state index contributed by atoms with van der Waals surface area (Å²) in [6.07, 6.45) is 1.70. The standard InChI is InChI=1S/C18H18FN3O3S/c1-8-12(9-5-11(6-20)26-7-9)14(19)16(25-2)13-15(8)22(10-3-4-10)18(24)21-17(13)23/h5,7,10H,3-4,6,20H2,1-2H3,(H,21,23,24). The van der Waals surface area contributed by atoms with E-state index in [1.807, 2.05) is 11.4 Å². The average Bonchev–Trinajstić information content (AvgIpc) is 3.33. The van der Waals surface area contributed by atoms with Crippen molar-refractivity contribution in [3.63, 3.8) is 0 Å². The summed E-state index contributed by atoms with van der Waals surface area (Å²) in [4.78, 5) is 28.1. The van der Waals surface area contributed by atoms with Gasteiger partial charge in [-0.3, -0.25) is 14.3 Å². The molecule has 1 aliphatic carbocycles. The third kappa shape index (κ3) is 2.40. The van der Waals surface area contributed by atoms with E-state index in [2.05, 4.69) is 4.98 Å². The summed E-state index contributed by atoms with van der Waals surface area (Å²) in [6.45, 7) is 2.10. The topological polar surface area (TPSA) is 90.1 Å². The van der Waals surface area contributed by atoms with Crippen molar-refractivity contribution in [1.82, 2.24) is 9.55 Å². The molecule has 1 fully saturated rings. The molecule has 8 heteroatoms. The maximum absolute atomic E-state index is 15.3. The van der Waals surface area contributed by atoms with Crippen molar-refractivity contribution >= 4 is 22.2 Å². The Balaban J connectivity index is 2.19. The molecule has 0 aliphatic heterocycles. The number of ether oxygens (including phenoxy) is 1. The third-order valence-corrected chi connectivity index (χ3v) is 5.74. The second kappa shape index (κ2) is 6.07. The van der Waals surface area contributed by atoms with Gasteiger partial charge in [0, 0.05) is 23.0 Å². The first-order valence-electron chi connectivity index (χ1n) is 8.30. The summed E-state index contributed by atoms with van der Waals surface area (Å²) in [5.74, 6) is -0.748. The van der Waals surface area contributed by atoms with E-state index < -0.39 is 17.1 Å². The van der Waals surface area contributed by atoms with Crippen LogP contribution >= 0.6 is 11.3 Å². The number of nitrogens with one attached hydrogen (secondary N) is 1. The lowest BCUT2D eigenvalue weighted by Crippen LogP contribution is -2.31. The lowest BCUT2D eigenvalue weighted by Gasteiger charge is -2.17. The summed E-state index contributed by atoms with van der Waals surface area (Å²) < 4.78 is 22.1. The van der Waals surface area contributed by atoms with E-state index in [-0.39, 0.29) is 17.2 Å². The molecular formula is C18H18FN3O3S. The fourth-order valence-corrected chi connectivity index (χ4v) is 4.22. The number of aromatic nitrogens is 2. The van der Waals surface area contributed by atoms with Crippen LogP contribution in [0.3, 0.4) is 0 Å². The van der Waals surface area contributed by atoms with Gasteiger partial charge >= 0.3 is 5.69 Å². The van der Waals surface area contributed by atoms with Crippen molar-refractivity contribution in [3.05, 3.63) is 48.5 Å². The number of hydrogen-bond donors (Lipinski definition) is 2. The Morgan fingerprint density at radius 1 is 1.42 bits per heavy atom. The molecular weight excluding hydrogens is 357 g/mol. The van der Waals surface area contributed by atoms with Gasteiger partial charge in [-0.15, -0.1) is 11.3 Å². The Labute approximate surface area is 152 Å². The van der Waals surface area contributed by atoms with Crippen LogP contribution in [0.1, 0.15) is 29.3 Å². The monoisotopic (exact) mass is 375 g/mol. The molecule has 2 aromatic heterocycles. The number of aryl methyl sites for hydroxylation is 1. The number of nitrogens with zero attached hydrogens (tertiary/aromatic N) is 1. The average molecular weight is 375 g/mol. The van der Waals surface area contributed by atoms with Crippen molar-refractivity contribution in [1.29, 1.82) is 0 Å². The first-order valence-corrected chi connectivity index (χ1v) is 9.18. The van der Waals surface area contributed by atoms with Crippen LogP contribution in [0.5, 0.6) is 5.75 Å². The predicted octanol–water partition coefficient (Wildman–Crippen LogP) is 2.67. The van der Waals surface area contributed by atoms with Crippen molar-refractivity contribution in [2.75, 3.05) is 7.11 Å². The summed E-state index contributed by atoms with van der Waals surface area (Å²) in [5.41, 5.74) is 6.56. The van der Waals surface area contributed by atoms with Gasteiger partial charge in [0.2, 0.25) is 0 Å². The van der Waals surface area contributed by atoms with Crippen LogP contribution in [0, 0.1) is 12.7 Å². The normalized spacial score (nSPS) is 14.2. The number of H-pyrrole nitrogens is 1. The van der Waals surface area contributed by atoms with Gasteiger partial charge in [-0.25, -0.2) is 9.18 Å². The van der Waals surface area contributed by atoms with Gasteiger partial charge in [-0.1, -0.05) is 0 Å². The number of thiophene rings is 1. The minimum absolute atomic E-state index is 0.0191. The molecule has 136 valence electrons. The summed E-state index contributed by atoms with van der Waals surface area (Å²) in [7, 11) is 1.32. The lowest BCUT2D eigenvalue weighted by molar-refractivity contribution is 0.391. The van der Waals surface area contributed by atoms with Crippen LogP contribution in [-0.2, 0) is 6.54 Å². The van der Waals surface area contributed by atoms with Gasteiger partial charge in [0.1, 0.15) is 5.39 Å². The largest absolute Gasteiger partial charge is 0.493 e. The van der Waals surface area contributed by atoms with Crippen molar-refractivity contribution < 1.29 is 9.13 Å². The summed E-state index contributed by atoms with van der Waals surface area (Å²) >= 11 is 1.44. The van der Waals surface area contributed by atoms with E-state index in [0.717, 1.165) is 17.7 Å². The number of aromatic amines is 1. The molecule has 0 bridgehead atoms. The number of fused-ring (bicyclic) bond motifs is 1. The minimum atomic E-state index is -0.639. The van der Waals surface area contributed by atoms with E-state index in [1.165, 1.54) is 18.4 Å². The van der Waals surface area contributed by atoms with E-state index in [4.69, 9.17) is 10.5 Å². The van der Waals surface area contributed by atoms with Gasteiger partial charge < -0.3 is 10.5 Å². The second-order valence-electron chi connectivity index (χ2n) is 6.44. The highest BCUT2D eigenvalue weighted by molar-refractivity contribution is 7.10. The number of halogens is 1. The Morgan fingerprint density at radius 2 is 2.15 bits per heavy atom. The number of benzene rings is 1. The molecule has 1 aromatic carbocycles. The van der Waals surface area contributed by atoms with E-state index in [0.29, 0.717) is 28.8 Å². The van der Waals surface area contributed by atoms with Gasteiger partial charge in [0.15, 0.2) is 11.6 Å². The zero-order chi connectivity index (χ0) is 18.6. The smallest absolute Gasteiger partial charge is 0.329 e. The van der Waals surface area contributed by atoms with Crippen LogP contribution in [0.4, 0.5) is 4.39 Å². The van der Waals surface area contributed by atoms with E-state index in [9.17, 15) is 9.59 Å². The van der Waals surface area contributed by atoms with Gasteiger partial charge in [-0.2, -0.15) is 0 Å². The van der Waals surface area contributed by atoms with Crippen LogP contribution < -0.4 is 21.7 Å².